The number of rotatable bonds is 2. The fourth-order valence-corrected chi connectivity index (χ4v) is 1.61. The molecule has 0 aliphatic carbocycles. The summed E-state index contributed by atoms with van der Waals surface area (Å²) < 4.78 is 18.6. The van der Waals surface area contributed by atoms with Crippen molar-refractivity contribution in [3.05, 3.63) is 52.3 Å². The van der Waals surface area contributed by atoms with Crippen molar-refractivity contribution in [1.82, 2.24) is 0 Å². The maximum Gasteiger partial charge on any atom is 0.146 e. The van der Waals surface area contributed by atoms with Gasteiger partial charge in [0.15, 0.2) is 0 Å². The summed E-state index contributed by atoms with van der Waals surface area (Å²) in [5.41, 5.74) is 6.08. The molecule has 88 valence electrons. The number of nitrogens with two attached hydrogens (primary N) is 1. The van der Waals surface area contributed by atoms with Crippen molar-refractivity contribution >= 4 is 28.9 Å². The van der Waals surface area contributed by atoms with Crippen LogP contribution in [0.1, 0.15) is 0 Å². The predicted octanol–water partition coefficient (Wildman–Crippen LogP) is 4.51. The van der Waals surface area contributed by atoms with Crippen LogP contribution in [-0.2, 0) is 0 Å². The molecule has 2 aromatic carbocycles. The van der Waals surface area contributed by atoms with E-state index in [1.54, 1.807) is 24.3 Å². The van der Waals surface area contributed by atoms with Gasteiger partial charge in [-0.3, -0.25) is 0 Å². The number of nitrogen functional groups attached to an aromatic ring is 1. The highest BCUT2D eigenvalue weighted by atomic mass is 35.5. The van der Waals surface area contributed by atoms with Gasteiger partial charge in [-0.15, -0.1) is 0 Å². The molecule has 5 heteroatoms. The smallest absolute Gasteiger partial charge is 0.146 e. The minimum atomic E-state index is -0.546. The van der Waals surface area contributed by atoms with Crippen LogP contribution < -0.4 is 10.5 Å². The first kappa shape index (κ1) is 12.0. The zero-order chi connectivity index (χ0) is 12.4. The van der Waals surface area contributed by atoms with E-state index in [2.05, 4.69) is 0 Å². The number of anilines is 1. The van der Waals surface area contributed by atoms with Gasteiger partial charge in [0.1, 0.15) is 17.3 Å². The first-order chi connectivity index (χ1) is 8.06. The van der Waals surface area contributed by atoms with Crippen LogP contribution in [0.3, 0.4) is 0 Å². The molecule has 0 fully saturated rings. The highest BCUT2D eigenvalue weighted by molar-refractivity contribution is 6.32. The summed E-state index contributed by atoms with van der Waals surface area (Å²) in [5.74, 6) is 0.178. The molecule has 17 heavy (non-hydrogen) atoms. The van der Waals surface area contributed by atoms with Crippen molar-refractivity contribution in [1.29, 1.82) is 0 Å². The van der Waals surface area contributed by atoms with E-state index < -0.39 is 5.82 Å². The molecule has 2 nitrogen and oxygen atoms in total. The van der Waals surface area contributed by atoms with Crippen molar-refractivity contribution in [2.75, 3.05) is 5.73 Å². The fourth-order valence-electron chi connectivity index (χ4n) is 1.27. The molecular weight excluding hydrogens is 264 g/mol. The van der Waals surface area contributed by atoms with Gasteiger partial charge >= 0.3 is 0 Å². The van der Waals surface area contributed by atoms with Gasteiger partial charge < -0.3 is 10.5 Å². The Bertz CT molecular complexity index is 560. The SMILES string of the molecule is Nc1ccc(Oc2ccc(Cl)c(F)c2)c(Cl)c1. The average molecular weight is 272 g/mol. The Kier molecular flexibility index (Phi) is 3.41. The van der Waals surface area contributed by atoms with Gasteiger partial charge in [-0.1, -0.05) is 23.2 Å². The number of ether oxygens (including phenoxy) is 1. The van der Waals surface area contributed by atoms with Crippen molar-refractivity contribution in [2.24, 2.45) is 0 Å². The molecular formula is C12H8Cl2FNO. The largest absolute Gasteiger partial charge is 0.456 e. The first-order valence-corrected chi connectivity index (χ1v) is 5.50. The van der Waals surface area contributed by atoms with Gasteiger partial charge in [0.2, 0.25) is 0 Å². The second-order valence-electron chi connectivity index (χ2n) is 3.37. The lowest BCUT2D eigenvalue weighted by Crippen LogP contribution is -1.89. The molecule has 2 rings (SSSR count). The van der Waals surface area contributed by atoms with Crippen LogP contribution in [-0.4, -0.2) is 0 Å². The maximum atomic E-state index is 13.2. The summed E-state index contributed by atoms with van der Waals surface area (Å²) in [6.45, 7) is 0. The van der Waals surface area contributed by atoms with E-state index in [0.717, 1.165) is 0 Å². The highest BCUT2D eigenvalue weighted by Gasteiger charge is 2.06. The first-order valence-electron chi connectivity index (χ1n) is 4.74. The Morgan fingerprint density at radius 3 is 2.41 bits per heavy atom. The molecule has 0 aromatic heterocycles. The van der Waals surface area contributed by atoms with Crippen LogP contribution in [0, 0.1) is 5.82 Å². The van der Waals surface area contributed by atoms with E-state index in [9.17, 15) is 4.39 Å². The van der Waals surface area contributed by atoms with E-state index >= 15 is 0 Å². The third kappa shape index (κ3) is 2.81. The average Bonchev–Trinajstić information content (AvgIpc) is 2.27. The molecule has 0 bridgehead atoms. The van der Waals surface area contributed by atoms with E-state index in [-0.39, 0.29) is 5.02 Å². The molecule has 0 aliphatic rings. The second kappa shape index (κ2) is 4.82. The van der Waals surface area contributed by atoms with E-state index in [4.69, 9.17) is 33.7 Å². The Morgan fingerprint density at radius 1 is 1.00 bits per heavy atom. The molecule has 0 heterocycles. The molecule has 0 aliphatic heterocycles. The van der Waals surface area contributed by atoms with E-state index in [0.29, 0.717) is 22.2 Å². The van der Waals surface area contributed by atoms with Crippen LogP contribution in [0.4, 0.5) is 10.1 Å². The molecule has 2 aromatic rings. The van der Waals surface area contributed by atoms with Crippen molar-refractivity contribution in [3.8, 4) is 11.5 Å². The molecule has 2 N–H and O–H groups in total. The quantitative estimate of drug-likeness (QED) is 0.816. The molecule has 0 spiro atoms. The zero-order valence-corrected chi connectivity index (χ0v) is 10.1. The standard InChI is InChI=1S/C12H8Cl2FNO/c13-9-3-2-8(6-11(9)15)17-12-4-1-7(16)5-10(12)14/h1-6H,16H2. The Morgan fingerprint density at radius 2 is 1.76 bits per heavy atom. The lowest BCUT2D eigenvalue weighted by atomic mass is 10.3. The minimum Gasteiger partial charge on any atom is -0.456 e. The summed E-state index contributed by atoms with van der Waals surface area (Å²) in [7, 11) is 0. The molecule has 0 saturated carbocycles. The van der Waals surface area contributed by atoms with Crippen molar-refractivity contribution in [3.63, 3.8) is 0 Å². The molecule has 0 unspecified atom stereocenters. The Hall–Kier alpha value is -1.45. The number of hydrogen-bond donors (Lipinski definition) is 1. The van der Waals surface area contributed by atoms with Gasteiger partial charge in [-0.05, 0) is 30.3 Å². The maximum absolute atomic E-state index is 13.2. The Balaban J connectivity index is 2.28. The summed E-state index contributed by atoms with van der Waals surface area (Å²) in [4.78, 5) is 0. The summed E-state index contributed by atoms with van der Waals surface area (Å²) in [5, 5.41) is 0.404. The third-order valence-corrected chi connectivity index (χ3v) is 2.68. The lowest BCUT2D eigenvalue weighted by Gasteiger charge is -2.08. The van der Waals surface area contributed by atoms with Gasteiger partial charge in [-0.25, -0.2) is 4.39 Å². The lowest BCUT2D eigenvalue weighted by molar-refractivity contribution is 0.477. The second-order valence-corrected chi connectivity index (χ2v) is 4.18. The van der Waals surface area contributed by atoms with Crippen LogP contribution in [0.15, 0.2) is 36.4 Å². The number of halogens is 3. The van der Waals surface area contributed by atoms with Gasteiger partial charge in [-0.2, -0.15) is 0 Å². The minimum absolute atomic E-state index is 0.0424. The van der Waals surface area contributed by atoms with Crippen LogP contribution in [0.2, 0.25) is 10.0 Å². The summed E-state index contributed by atoms with van der Waals surface area (Å²) >= 11 is 11.5. The van der Waals surface area contributed by atoms with Crippen LogP contribution >= 0.6 is 23.2 Å². The molecule has 0 atom stereocenters. The van der Waals surface area contributed by atoms with Crippen LogP contribution in [0.25, 0.3) is 0 Å². The van der Waals surface area contributed by atoms with E-state index in [1.807, 2.05) is 0 Å². The van der Waals surface area contributed by atoms with Gasteiger partial charge in [0.05, 0.1) is 10.0 Å². The predicted molar refractivity (Wildman–Crippen MR) is 67.3 cm³/mol. The highest BCUT2D eigenvalue weighted by Crippen LogP contribution is 2.31. The van der Waals surface area contributed by atoms with E-state index in [1.165, 1.54) is 12.1 Å². The summed E-state index contributed by atoms with van der Waals surface area (Å²) in [6, 6.07) is 8.98. The topological polar surface area (TPSA) is 35.2 Å². The van der Waals surface area contributed by atoms with Gasteiger partial charge in [0.25, 0.3) is 0 Å². The summed E-state index contributed by atoms with van der Waals surface area (Å²) in [6.07, 6.45) is 0. The monoisotopic (exact) mass is 271 g/mol. The fraction of sp³-hybridized carbons (Fsp3) is 0. The van der Waals surface area contributed by atoms with Crippen LogP contribution in [0.5, 0.6) is 11.5 Å². The normalized spacial score (nSPS) is 10.3. The zero-order valence-electron chi connectivity index (χ0n) is 8.58. The van der Waals surface area contributed by atoms with Crippen molar-refractivity contribution in [2.45, 2.75) is 0 Å². The van der Waals surface area contributed by atoms with Crippen molar-refractivity contribution < 1.29 is 9.13 Å². The molecule has 0 radical (unpaired) electrons. The Labute approximate surface area is 108 Å². The molecule has 0 amide bonds. The number of hydrogen-bond acceptors (Lipinski definition) is 2. The molecule has 0 saturated heterocycles. The van der Waals surface area contributed by atoms with Gasteiger partial charge in [0, 0.05) is 11.8 Å². The number of benzene rings is 2. The third-order valence-electron chi connectivity index (χ3n) is 2.07.